The fourth-order valence-electron chi connectivity index (χ4n) is 1.92. The minimum absolute atomic E-state index is 0.190. The summed E-state index contributed by atoms with van der Waals surface area (Å²) in [5, 5.41) is 0.985. The lowest BCUT2D eigenvalue weighted by molar-refractivity contribution is 0.484. The number of fused-ring (bicyclic) bond motifs is 1. The second-order valence-electron chi connectivity index (χ2n) is 4.22. The molecule has 5 heteroatoms. The molecule has 0 aliphatic rings. The fourth-order valence-corrected chi connectivity index (χ4v) is 2.13. The first-order valence-corrected chi connectivity index (χ1v) is 6.29. The summed E-state index contributed by atoms with van der Waals surface area (Å²) in [4.78, 5) is 4.21. The number of rotatable bonds is 2. The number of halogens is 2. The van der Waals surface area contributed by atoms with Crippen molar-refractivity contribution in [3.63, 3.8) is 0 Å². The standard InChI is InChI=1S/C15H10ClFN2O/c16-11-8-9(17)3-5-13(11)20-14-6-4-12-10(15(14)18)2-1-7-19-12/h1-8H,18H2. The average molecular weight is 289 g/mol. The van der Waals surface area contributed by atoms with Crippen LogP contribution in [0.4, 0.5) is 10.1 Å². The first-order valence-electron chi connectivity index (χ1n) is 5.91. The van der Waals surface area contributed by atoms with E-state index in [0.29, 0.717) is 17.2 Å². The summed E-state index contributed by atoms with van der Waals surface area (Å²) >= 11 is 5.93. The first kappa shape index (κ1) is 12.7. The molecule has 0 amide bonds. The van der Waals surface area contributed by atoms with Crippen molar-refractivity contribution in [1.82, 2.24) is 4.98 Å². The number of aromatic nitrogens is 1. The van der Waals surface area contributed by atoms with Crippen LogP contribution in [0.15, 0.2) is 48.7 Å². The predicted molar refractivity (Wildman–Crippen MR) is 77.6 cm³/mol. The van der Waals surface area contributed by atoms with Crippen molar-refractivity contribution in [1.29, 1.82) is 0 Å². The maximum Gasteiger partial charge on any atom is 0.151 e. The van der Waals surface area contributed by atoms with Gasteiger partial charge < -0.3 is 10.5 Å². The second-order valence-corrected chi connectivity index (χ2v) is 4.63. The molecule has 0 bridgehead atoms. The van der Waals surface area contributed by atoms with Gasteiger partial charge in [-0.05, 0) is 42.5 Å². The second kappa shape index (κ2) is 4.98. The smallest absolute Gasteiger partial charge is 0.151 e. The number of nitrogen functional groups attached to an aromatic ring is 1. The highest BCUT2D eigenvalue weighted by Gasteiger charge is 2.09. The first-order chi connectivity index (χ1) is 9.65. The summed E-state index contributed by atoms with van der Waals surface area (Å²) in [6.07, 6.45) is 1.69. The van der Waals surface area contributed by atoms with Gasteiger partial charge in [0.1, 0.15) is 11.6 Å². The molecular weight excluding hydrogens is 279 g/mol. The molecule has 0 aliphatic heterocycles. The number of pyridine rings is 1. The summed E-state index contributed by atoms with van der Waals surface area (Å²) in [6, 6.07) is 11.1. The van der Waals surface area contributed by atoms with Crippen LogP contribution in [0.25, 0.3) is 10.9 Å². The predicted octanol–water partition coefficient (Wildman–Crippen LogP) is 4.40. The number of anilines is 1. The zero-order valence-corrected chi connectivity index (χ0v) is 11.1. The molecule has 0 fully saturated rings. The van der Waals surface area contributed by atoms with Crippen LogP contribution in [-0.4, -0.2) is 4.98 Å². The van der Waals surface area contributed by atoms with E-state index in [1.807, 2.05) is 6.07 Å². The number of nitrogens with two attached hydrogens (primary N) is 1. The summed E-state index contributed by atoms with van der Waals surface area (Å²) in [7, 11) is 0. The number of ether oxygens (including phenoxy) is 1. The zero-order valence-electron chi connectivity index (χ0n) is 10.3. The molecule has 3 rings (SSSR count). The van der Waals surface area contributed by atoms with Gasteiger partial charge in [-0.3, -0.25) is 4.98 Å². The molecule has 2 aromatic carbocycles. The lowest BCUT2D eigenvalue weighted by Crippen LogP contribution is -1.94. The summed E-state index contributed by atoms with van der Waals surface area (Å²) < 4.78 is 18.7. The summed E-state index contributed by atoms with van der Waals surface area (Å²) in [5.74, 6) is 0.389. The Balaban J connectivity index is 2.04. The summed E-state index contributed by atoms with van der Waals surface area (Å²) in [6.45, 7) is 0. The van der Waals surface area contributed by atoms with Gasteiger partial charge in [-0.25, -0.2) is 4.39 Å². The third kappa shape index (κ3) is 2.26. The van der Waals surface area contributed by atoms with Crippen molar-refractivity contribution < 1.29 is 9.13 Å². The molecule has 0 unspecified atom stereocenters. The van der Waals surface area contributed by atoms with Gasteiger partial charge in [-0.2, -0.15) is 0 Å². The maximum atomic E-state index is 13.0. The van der Waals surface area contributed by atoms with Crippen molar-refractivity contribution in [2.24, 2.45) is 0 Å². The van der Waals surface area contributed by atoms with E-state index in [0.717, 1.165) is 10.9 Å². The van der Waals surface area contributed by atoms with E-state index in [4.69, 9.17) is 22.1 Å². The third-order valence-corrected chi connectivity index (χ3v) is 3.20. The van der Waals surface area contributed by atoms with Crippen molar-refractivity contribution in [3.05, 3.63) is 59.5 Å². The minimum atomic E-state index is -0.418. The Kier molecular flexibility index (Phi) is 3.16. The van der Waals surface area contributed by atoms with Crippen LogP contribution in [0.3, 0.4) is 0 Å². The average Bonchev–Trinajstić information content (AvgIpc) is 2.45. The van der Waals surface area contributed by atoms with Gasteiger partial charge >= 0.3 is 0 Å². The highest BCUT2D eigenvalue weighted by Crippen LogP contribution is 2.35. The van der Waals surface area contributed by atoms with E-state index in [1.54, 1.807) is 24.4 Å². The van der Waals surface area contributed by atoms with Crippen molar-refractivity contribution in [3.8, 4) is 11.5 Å². The van der Waals surface area contributed by atoms with Crippen LogP contribution in [0.2, 0.25) is 5.02 Å². The molecule has 0 atom stereocenters. The highest BCUT2D eigenvalue weighted by molar-refractivity contribution is 6.32. The van der Waals surface area contributed by atoms with Gasteiger partial charge in [-0.1, -0.05) is 11.6 Å². The van der Waals surface area contributed by atoms with Gasteiger partial charge in [0.25, 0.3) is 0 Å². The largest absolute Gasteiger partial charge is 0.454 e. The third-order valence-electron chi connectivity index (χ3n) is 2.90. The lowest BCUT2D eigenvalue weighted by Gasteiger charge is -2.11. The van der Waals surface area contributed by atoms with Gasteiger partial charge in [0, 0.05) is 11.6 Å². The van der Waals surface area contributed by atoms with Crippen LogP contribution in [-0.2, 0) is 0 Å². The maximum absolute atomic E-state index is 13.0. The SMILES string of the molecule is Nc1c(Oc2ccc(F)cc2Cl)ccc2ncccc12. The van der Waals surface area contributed by atoms with Gasteiger partial charge in [0.2, 0.25) is 0 Å². The molecule has 20 heavy (non-hydrogen) atoms. The topological polar surface area (TPSA) is 48.1 Å². The van der Waals surface area contributed by atoms with Crippen molar-refractivity contribution >= 4 is 28.2 Å². The lowest BCUT2D eigenvalue weighted by atomic mass is 10.1. The quantitative estimate of drug-likeness (QED) is 0.711. The van der Waals surface area contributed by atoms with Crippen LogP contribution in [0, 0.1) is 5.82 Å². The molecule has 1 aromatic heterocycles. The molecule has 0 spiro atoms. The number of hydrogen-bond acceptors (Lipinski definition) is 3. The highest BCUT2D eigenvalue weighted by atomic mass is 35.5. The Morgan fingerprint density at radius 1 is 1.10 bits per heavy atom. The molecule has 3 nitrogen and oxygen atoms in total. The van der Waals surface area contributed by atoms with Crippen LogP contribution < -0.4 is 10.5 Å². The Morgan fingerprint density at radius 3 is 2.70 bits per heavy atom. The molecule has 0 radical (unpaired) electrons. The Bertz CT molecular complexity index is 792. The summed E-state index contributed by atoms with van der Waals surface area (Å²) in [5.41, 5.74) is 7.31. The van der Waals surface area contributed by atoms with E-state index in [1.165, 1.54) is 18.2 Å². The Labute approximate surface area is 119 Å². The Morgan fingerprint density at radius 2 is 1.90 bits per heavy atom. The molecule has 0 saturated carbocycles. The monoisotopic (exact) mass is 288 g/mol. The van der Waals surface area contributed by atoms with E-state index in [9.17, 15) is 4.39 Å². The molecular formula is C15H10ClFN2O. The van der Waals surface area contributed by atoms with E-state index < -0.39 is 5.82 Å². The van der Waals surface area contributed by atoms with E-state index in [-0.39, 0.29) is 5.02 Å². The molecule has 2 N–H and O–H groups in total. The normalized spacial score (nSPS) is 10.7. The van der Waals surface area contributed by atoms with Gasteiger partial charge in [-0.15, -0.1) is 0 Å². The van der Waals surface area contributed by atoms with Crippen LogP contribution in [0.5, 0.6) is 11.5 Å². The zero-order chi connectivity index (χ0) is 14.1. The Hall–Kier alpha value is -2.33. The fraction of sp³-hybridized carbons (Fsp3) is 0. The van der Waals surface area contributed by atoms with Crippen molar-refractivity contribution in [2.75, 3.05) is 5.73 Å². The van der Waals surface area contributed by atoms with E-state index >= 15 is 0 Å². The minimum Gasteiger partial charge on any atom is -0.454 e. The molecule has 0 aliphatic carbocycles. The van der Waals surface area contributed by atoms with E-state index in [2.05, 4.69) is 4.98 Å². The van der Waals surface area contributed by atoms with Crippen molar-refractivity contribution in [2.45, 2.75) is 0 Å². The molecule has 0 saturated heterocycles. The number of nitrogens with zero attached hydrogens (tertiary/aromatic N) is 1. The van der Waals surface area contributed by atoms with Gasteiger partial charge in [0.05, 0.1) is 16.2 Å². The number of benzene rings is 2. The molecule has 1 heterocycles. The number of hydrogen-bond donors (Lipinski definition) is 1. The molecule has 3 aromatic rings. The van der Waals surface area contributed by atoms with Crippen LogP contribution in [0.1, 0.15) is 0 Å². The van der Waals surface area contributed by atoms with Crippen LogP contribution >= 0.6 is 11.6 Å². The van der Waals surface area contributed by atoms with Gasteiger partial charge in [0.15, 0.2) is 5.75 Å². The molecule has 100 valence electrons.